The van der Waals surface area contributed by atoms with Crippen LogP contribution in [0.1, 0.15) is 97.7 Å². The summed E-state index contributed by atoms with van der Waals surface area (Å²) < 4.78 is 0. The van der Waals surface area contributed by atoms with Crippen LogP contribution in [-0.2, 0) is 0 Å². The first-order valence-electron chi connectivity index (χ1n) is 25.0. The Morgan fingerprint density at radius 1 is 0.437 bits per heavy atom. The first kappa shape index (κ1) is 48.6. The van der Waals surface area contributed by atoms with Crippen LogP contribution in [0, 0.1) is 56.0 Å². The van der Waals surface area contributed by atoms with Gasteiger partial charge in [0.15, 0.2) is 0 Å². The number of aromatic amines is 2. The molecule has 0 saturated heterocycles. The molecule has 4 nitrogen and oxygen atoms in total. The summed E-state index contributed by atoms with van der Waals surface area (Å²) in [6.07, 6.45) is 14.5. The van der Waals surface area contributed by atoms with Crippen molar-refractivity contribution in [3.8, 4) is 79.8 Å². The highest BCUT2D eigenvalue weighted by Crippen LogP contribution is 2.42. The summed E-state index contributed by atoms with van der Waals surface area (Å²) in [5, 5.41) is 0. The average Bonchev–Trinajstić information content (AvgIpc) is 4.18. The molecule has 3 aromatic heterocycles. The van der Waals surface area contributed by atoms with Gasteiger partial charge in [-0.1, -0.05) is 133 Å². The lowest BCUT2D eigenvalue weighted by molar-refractivity contribution is 0.838. The van der Waals surface area contributed by atoms with Gasteiger partial charge in [0, 0.05) is 61.0 Å². The van der Waals surface area contributed by atoms with Gasteiger partial charge in [-0.25, -0.2) is 9.97 Å². The second kappa shape index (κ2) is 19.4. The molecule has 0 unspecified atom stereocenters. The average molecular weight is 957 g/mol. The molecular formula is C65H64N4Si2. The smallest absolute Gasteiger partial charge is 0.146 e. The number of hydrogen-bond donors (Lipinski definition) is 2. The van der Waals surface area contributed by atoms with Crippen molar-refractivity contribution in [2.45, 2.75) is 98.6 Å². The zero-order chi connectivity index (χ0) is 50.4. The summed E-state index contributed by atoms with van der Waals surface area (Å²) in [6.45, 7) is 27.6. The van der Waals surface area contributed by atoms with Crippen molar-refractivity contribution >= 4 is 62.5 Å². The van der Waals surface area contributed by atoms with Crippen molar-refractivity contribution in [1.82, 2.24) is 19.9 Å². The van der Waals surface area contributed by atoms with Gasteiger partial charge in [0.25, 0.3) is 0 Å². The molecule has 352 valence electrons. The predicted octanol–water partition coefficient (Wildman–Crippen LogP) is 17.0. The normalized spacial score (nSPS) is 12.3. The Balaban J connectivity index is 1.37. The number of nitrogens with zero attached hydrogens (tertiary/aromatic N) is 2. The second-order valence-electron chi connectivity index (χ2n) is 21.3. The van der Waals surface area contributed by atoms with Gasteiger partial charge in [0.05, 0.1) is 22.8 Å². The molecule has 0 spiro atoms. The molecule has 0 radical (unpaired) electrons. The van der Waals surface area contributed by atoms with E-state index >= 15 is 0 Å². The van der Waals surface area contributed by atoms with Gasteiger partial charge in [0.2, 0.25) is 0 Å². The summed E-state index contributed by atoms with van der Waals surface area (Å²) in [6, 6.07) is 38.9. The number of nitrogens with one attached hydrogen (secondary N) is 2. The third-order valence-electron chi connectivity index (χ3n) is 14.2. The van der Waals surface area contributed by atoms with Crippen LogP contribution in [0.25, 0.3) is 90.9 Å². The Hall–Kier alpha value is -7.41. The van der Waals surface area contributed by atoms with E-state index in [4.69, 9.17) is 16.4 Å². The van der Waals surface area contributed by atoms with Crippen LogP contribution in [0.4, 0.5) is 0 Å². The number of benzene rings is 4. The maximum atomic E-state index is 5.87. The molecule has 8 bridgehead atoms. The number of rotatable bonds is 7. The van der Waals surface area contributed by atoms with E-state index in [1.54, 1.807) is 0 Å². The number of aryl methyl sites for hydroxylation is 3. The van der Waals surface area contributed by atoms with Crippen molar-refractivity contribution in [3.05, 3.63) is 165 Å². The molecule has 0 saturated carbocycles. The van der Waals surface area contributed by atoms with Crippen molar-refractivity contribution in [2.75, 3.05) is 0 Å². The third-order valence-corrected chi connectivity index (χ3v) is 21.4. The van der Waals surface area contributed by atoms with E-state index in [0.717, 1.165) is 100 Å². The lowest BCUT2D eigenvalue weighted by atomic mass is 9.92. The van der Waals surface area contributed by atoms with E-state index < -0.39 is 16.1 Å². The van der Waals surface area contributed by atoms with Crippen molar-refractivity contribution in [1.29, 1.82) is 0 Å². The maximum absolute atomic E-state index is 5.87. The highest BCUT2D eigenvalue weighted by molar-refractivity contribution is 6.90. The number of aromatic nitrogens is 4. The van der Waals surface area contributed by atoms with Gasteiger partial charge in [-0.15, -0.1) is 17.5 Å². The topological polar surface area (TPSA) is 57.4 Å². The molecule has 9 rings (SSSR count). The molecule has 2 N–H and O–H groups in total. The van der Waals surface area contributed by atoms with Crippen LogP contribution < -0.4 is 0 Å². The molecular weight excluding hydrogens is 893 g/mol. The molecule has 0 atom stereocenters. The molecule has 6 heteroatoms. The summed E-state index contributed by atoms with van der Waals surface area (Å²) in [5.41, 5.74) is 31.1. The molecule has 71 heavy (non-hydrogen) atoms. The first-order valence-corrected chi connectivity index (χ1v) is 30.8. The van der Waals surface area contributed by atoms with Gasteiger partial charge in [-0.3, -0.25) is 0 Å². The van der Waals surface area contributed by atoms with E-state index in [1.807, 2.05) is 12.1 Å². The van der Waals surface area contributed by atoms with E-state index in [2.05, 4.69) is 242 Å². The lowest BCUT2D eigenvalue weighted by Gasteiger charge is -2.38. The zero-order valence-electron chi connectivity index (χ0n) is 43.4. The molecule has 2 aliphatic rings. The highest BCUT2D eigenvalue weighted by atomic mass is 28.3. The van der Waals surface area contributed by atoms with Gasteiger partial charge < -0.3 is 9.97 Å². The number of hydrogen-bond acceptors (Lipinski definition) is 2. The van der Waals surface area contributed by atoms with E-state index in [1.165, 1.54) is 22.3 Å². The van der Waals surface area contributed by atoms with Crippen LogP contribution in [0.3, 0.4) is 0 Å². The molecule has 4 aromatic carbocycles. The number of terminal acetylenes is 1. The fourth-order valence-corrected chi connectivity index (χ4v) is 16.7. The van der Waals surface area contributed by atoms with Gasteiger partial charge in [0.1, 0.15) is 16.1 Å². The van der Waals surface area contributed by atoms with Crippen LogP contribution >= 0.6 is 0 Å². The van der Waals surface area contributed by atoms with E-state index in [0.29, 0.717) is 16.6 Å². The van der Waals surface area contributed by atoms with Gasteiger partial charge in [-0.05, 0) is 156 Å². The quantitative estimate of drug-likeness (QED) is 0.124. The minimum atomic E-state index is -1.93. The molecule has 2 aliphatic heterocycles. The van der Waals surface area contributed by atoms with E-state index in [-0.39, 0.29) is 0 Å². The van der Waals surface area contributed by atoms with Crippen LogP contribution in [0.2, 0.25) is 36.3 Å². The molecule has 0 amide bonds. The first-order chi connectivity index (χ1) is 33.9. The highest BCUT2D eigenvalue weighted by Gasteiger charge is 2.41. The minimum Gasteiger partial charge on any atom is -0.354 e. The monoisotopic (exact) mass is 956 g/mol. The Morgan fingerprint density at radius 2 is 0.775 bits per heavy atom. The Morgan fingerprint density at radius 3 is 1.13 bits per heavy atom. The fraction of sp³-hybridized carbons (Fsp3) is 0.231. The molecule has 0 fully saturated rings. The summed E-state index contributed by atoms with van der Waals surface area (Å²) in [5.74, 6) is 9.93. The number of H-pyrrole nitrogens is 2. The largest absolute Gasteiger partial charge is 0.354 e. The summed E-state index contributed by atoms with van der Waals surface area (Å²) >= 11 is 0. The van der Waals surface area contributed by atoms with Crippen molar-refractivity contribution < 1.29 is 0 Å². The van der Waals surface area contributed by atoms with Gasteiger partial charge >= 0.3 is 0 Å². The molecule has 5 heterocycles. The maximum Gasteiger partial charge on any atom is 0.146 e. The van der Waals surface area contributed by atoms with Crippen LogP contribution in [0.15, 0.2) is 109 Å². The second-order valence-corrected chi connectivity index (χ2v) is 31.6. The summed E-state index contributed by atoms with van der Waals surface area (Å²) in [4.78, 5) is 19.0. The standard InChI is InChI=1S/C65H64N4Si2/c1-14-47-15-21-50(22-16-47)62-53-27-29-55(66-53)63(51-23-17-48(18-24-51)35-37-70(11,12)13)57-31-33-59(68-57)65(61-45(9)39-44(8)40-46(61)10)60-34-32-58(69-60)64(56-30-28-54(62)67-56)52-25-19-49(20-26-52)36-38-71(41(2)3,42(4)5)43(6)7/h1,15-34,39-43,66,69H,2-13H3. The van der Waals surface area contributed by atoms with Crippen molar-refractivity contribution in [3.63, 3.8) is 0 Å². The predicted molar refractivity (Wildman–Crippen MR) is 311 cm³/mol. The summed E-state index contributed by atoms with van der Waals surface area (Å²) in [7, 11) is -3.49. The fourth-order valence-electron chi connectivity index (χ4n) is 11.0. The zero-order valence-corrected chi connectivity index (χ0v) is 45.4. The Kier molecular flexibility index (Phi) is 13.3. The molecule has 0 aliphatic carbocycles. The van der Waals surface area contributed by atoms with Crippen molar-refractivity contribution in [2.24, 2.45) is 0 Å². The van der Waals surface area contributed by atoms with Crippen LogP contribution in [-0.4, -0.2) is 36.1 Å². The Labute approximate surface area is 423 Å². The van der Waals surface area contributed by atoms with Crippen LogP contribution in [0.5, 0.6) is 0 Å². The Bertz CT molecular complexity index is 3590. The minimum absolute atomic E-state index is 0.555. The SMILES string of the molecule is C#Cc1ccc(-c2c3nc(c(-c4ccc(C#C[Si](C(C)C)(C(C)C)C(C)C)cc4)c4ccc([nH]4)c(-c4c(C)cc(C)cc4C)c4nc(c(-c5ccc(C#C[Si](C)(C)C)cc5)c5ccc2[nH]5)C=C4)C=C3)cc1. The van der Waals surface area contributed by atoms with E-state index in [9.17, 15) is 0 Å². The number of fused-ring (bicyclic) bond motifs is 8. The lowest BCUT2D eigenvalue weighted by Crippen LogP contribution is -2.43. The third kappa shape index (κ3) is 9.62. The van der Waals surface area contributed by atoms with Gasteiger partial charge in [-0.2, -0.15) is 0 Å². The molecule has 7 aromatic rings.